The van der Waals surface area contributed by atoms with Crippen molar-refractivity contribution in [2.24, 2.45) is 0 Å². The fourth-order valence-corrected chi connectivity index (χ4v) is 2.22. The Bertz CT molecular complexity index is 384. The molecule has 0 radical (unpaired) electrons. The van der Waals surface area contributed by atoms with Crippen molar-refractivity contribution in [3.05, 3.63) is 35.9 Å². The molecule has 1 saturated heterocycles. The van der Waals surface area contributed by atoms with Crippen molar-refractivity contribution < 1.29 is 10.0 Å². The van der Waals surface area contributed by atoms with Gasteiger partial charge in [0.2, 0.25) is 0 Å². The van der Waals surface area contributed by atoms with Crippen LogP contribution in [-0.2, 0) is 0 Å². The third-order valence-electron chi connectivity index (χ3n) is 3.25. The molecule has 1 atom stereocenters. The topological polar surface area (TPSA) is 24.7 Å². The molecule has 1 aliphatic rings. The maximum atomic E-state index is 9.87. The Balaban J connectivity index is 1.84. The summed E-state index contributed by atoms with van der Waals surface area (Å²) in [6.07, 6.45) is 3.36. The van der Waals surface area contributed by atoms with Gasteiger partial charge in [-0.2, -0.15) is 0 Å². The summed E-state index contributed by atoms with van der Waals surface area (Å²) in [6, 6.07) is 9.62. The molecule has 0 aliphatic carbocycles. The number of likely N-dealkylation sites (tertiary alicyclic amines) is 1. The smallest absolute Gasteiger partial charge is 0.140 e. The summed E-state index contributed by atoms with van der Waals surface area (Å²) in [6.45, 7) is 3.33. The summed E-state index contributed by atoms with van der Waals surface area (Å²) in [5.74, 6) is 6.05. The van der Waals surface area contributed by atoms with Gasteiger partial charge in [-0.15, -0.1) is 0 Å². The van der Waals surface area contributed by atoms with Gasteiger partial charge >= 0.3 is 0 Å². The predicted molar refractivity (Wildman–Crippen MR) is 68.6 cm³/mol. The summed E-state index contributed by atoms with van der Waals surface area (Å²) in [5.41, 5.74) is 0.883. The number of rotatable bonds is 2. The van der Waals surface area contributed by atoms with Crippen LogP contribution in [0.4, 0.5) is 0 Å². The van der Waals surface area contributed by atoms with Gasteiger partial charge in [-0.05, 0) is 30.7 Å². The van der Waals surface area contributed by atoms with E-state index in [9.17, 15) is 5.11 Å². The SMILES string of the molecule is OC(C#CC[NH+]1CCCCC1)c1ccccc1. The molecule has 1 aliphatic heterocycles. The first-order valence-corrected chi connectivity index (χ1v) is 6.41. The highest BCUT2D eigenvalue weighted by molar-refractivity contribution is 5.24. The molecule has 2 nitrogen and oxygen atoms in total. The minimum Gasteiger partial charge on any atom is -0.376 e. The first kappa shape index (κ1) is 12.2. The molecule has 2 heteroatoms. The van der Waals surface area contributed by atoms with E-state index in [1.54, 1.807) is 4.90 Å². The molecule has 17 heavy (non-hydrogen) atoms. The largest absolute Gasteiger partial charge is 0.376 e. The lowest BCUT2D eigenvalue weighted by Gasteiger charge is -2.21. The molecule has 0 aromatic heterocycles. The summed E-state index contributed by atoms with van der Waals surface area (Å²) in [4.78, 5) is 1.56. The second kappa shape index (κ2) is 6.44. The van der Waals surface area contributed by atoms with Gasteiger partial charge in [-0.1, -0.05) is 36.3 Å². The molecule has 1 fully saturated rings. The number of piperidine rings is 1. The molecule has 0 spiro atoms. The summed E-state index contributed by atoms with van der Waals surface area (Å²) in [5, 5.41) is 9.87. The maximum Gasteiger partial charge on any atom is 0.140 e. The second-order valence-electron chi connectivity index (χ2n) is 4.62. The first-order chi connectivity index (χ1) is 8.36. The molecule has 1 heterocycles. The van der Waals surface area contributed by atoms with E-state index in [0.717, 1.165) is 12.1 Å². The van der Waals surface area contributed by atoms with E-state index in [0.29, 0.717) is 0 Å². The molecular formula is C15H20NO+. The van der Waals surface area contributed by atoms with E-state index < -0.39 is 6.10 Å². The van der Waals surface area contributed by atoms with E-state index in [1.807, 2.05) is 30.3 Å². The van der Waals surface area contributed by atoms with Crippen molar-refractivity contribution in [1.82, 2.24) is 0 Å². The third kappa shape index (κ3) is 3.89. The van der Waals surface area contributed by atoms with Crippen LogP contribution in [0.2, 0.25) is 0 Å². The zero-order valence-electron chi connectivity index (χ0n) is 10.2. The number of benzene rings is 1. The van der Waals surface area contributed by atoms with E-state index in [1.165, 1.54) is 32.4 Å². The fourth-order valence-electron chi connectivity index (χ4n) is 2.22. The van der Waals surface area contributed by atoms with Crippen LogP contribution in [0, 0.1) is 11.8 Å². The molecule has 0 saturated carbocycles. The zero-order valence-corrected chi connectivity index (χ0v) is 10.2. The van der Waals surface area contributed by atoms with Crippen molar-refractivity contribution in [3.8, 4) is 11.8 Å². The molecule has 2 N–H and O–H groups in total. The molecule has 2 rings (SSSR count). The summed E-state index contributed by atoms with van der Waals surface area (Å²) in [7, 11) is 0. The predicted octanol–water partition coefficient (Wildman–Crippen LogP) is 0.792. The van der Waals surface area contributed by atoms with Crippen LogP contribution in [0.15, 0.2) is 30.3 Å². The molecule has 90 valence electrons. The van der Waals surface area contributed by atoms with Crippen LogP contribution in [0.5, 0.6) is 0 Å². The molecular weight excluding hydrogens is 210 g/mol. The quantitative estimate of drug-likeness (QED) is 0.722. The average molecular weight is 230 g/mol. The van der Waals surface area contributed by atoms with E-state index in [2.05, 4.69) is 11.8 Å². The van der Waals surface area contributed by atoms with Gasteiger partial charge in [0.1, 0.15) is 12.6 Å². The van der Waals surface area contributed by atoms with Crippen LogP contribution < -0.4 is 4.90 Å². The fraction of sp³-hybridized carbons (Fsp3) is 0.467. The number of quaternary nitrogens is 1. The number of hydrogen-bond acceptors (Lipinski definition) is 1. The van der Waals surface area contributed by atoms with Gasteiger partial charge in [0.25, 0.3) is 0 Å². The number of nitrogens with one attached hydrogen (secondary N) is 1. The van der Waals surface area contributed by atoms with Crippen molar-refractivity contribution in [3.63, 3.8) is 0 Å². The molecule has 0 amide bonds. The Morgan fingerprint density at radius 3 is 2.53 bits per heavy atom. The van der Waals surface area contributed by atoms with Gasteiger partial charge in [-0.3, -0.25) is 0 Å². The van der Waals surface area contributed by atoms with Crippen molar-refractivity contribution in [1.29, 1.82) is 0 Å². The maximum absolute atomic E-state index is 9.87. The van der Waals surface area contributed by atoms with E-state index >= 15 is 0 Å². The highest BCUT2D eigenvalue weighted by Gasteiger charge is 2.11. The Morgan fingerprint density at radius 2 is 1.82 bits per heavy atom. The molecule has 1 unspecified atom stereocenters. The minimum atomic E-state index is -0.639. The van der Waals surface area contributed by atoms with Crippen LogP contribution in [-0.4, -0.2) is 24.7 Å². The van der Waals surface area contributed by atoms with E-state index in [-0.39, 0.29) is 0 Å². The lowest BCUT2D eigenvalue weighted by Crippen LogP contribution is -3.12. The standard InChI is InChI=1S/C15H19NO/c17-15(14-8-3-1-4-9-14)10-7-13-16-11-5-2-6-12-16/h1,3-4,8-9,15,17H,2,5-6,11-13H2/p+1. The summed E-state index contributed by atoms with van der Waals surface area (Å²) >= 11 is 0. The highest BCUT2D eigenvalue weighted by atomic mass is 16.3. The monoisotopic (exact) mass is 230 g/mol. The zero-order chi connectivity index (χ0) is 11.9. The molecule has 1 aromatic rings. The van der Waals surface area contributed by atoms with Crippen molar-refractivity contribution in [2.45, 2.75) is 25.4 Å². The van der Waals surface area contributed by atoms with Gasteiger partial charge in [0, 0.05) is 0 Å². The van der Waals surface area contributed by atoms with Gasteiger partial charge < -0.3 is 10.0 Å². The Morgan fingerprint density at radius 1 is 1.12 bits per heavy atom. The van der Waals surface area contributed by atoms with E-state index in [4.69, 9.17) is 0 Å². The van der Waals surface area contributed by atoms with Crippen LogP contribution in [0.25, 0.3) is 0 Å². The van der Waals surface area contributed by atoms with Crippen LogP contribution in [0.1, 0.15) is 30.9 Å². The minimum absolute atomic E-state index is 0.639. The summed E-state index contributed by atoms with van der Waals surface area (Å²) < 4.78 is 0. The Labute approximate surface area is 103 Å². The number of aliphatic hydroxyl groups excluding tert-OH is 1. The second-order valence-corrected chi connectivity index (χ2v) is 4.62. The number of aliphatic hydroxyl groups is 1. The van der Waals surface area contributed by atoms with Crippen molar-refractivity contribution >= 4 is 0 Å². The lowest BCUT2D eigenvalue weighted by molar-refractivity contribution is -0.897. The first-order valence-electron chi connectivity index (χ1n) is 6.41. The number of hydrogen-bond donors (Lipinski definition) is 2. The Hall–Kier alpha value is -1.30. The van der Waals surface area contributed by atoms with Gasteiger partial charge in [0.05, 0.1) is 13.1 Å². The van der Waals surface area contributed by atoms with Crippen LogP contribution in [0.3, 0.4) is 0 Å². The third-order valence-corrected chi connectivity index (χ3v) is 3.25. The molecule has 1 aromatic carbocycles. The molecule has 0 bridgehead atoms. The average Bonchev–Trinajstić information content (AvgIpc) is 2.41. The Kier molecular flexibility index (Phi) is 4.61. The van der Waals surface area contributed by atoms with Crippen molar-refractivity contribution in [2.75, 3.05) is 19.6 Å². The van der Waals surface area contributed by atoms with Gasteiger partial charge in [-0.25, -0.2) is 0 Å². The van der Waals surface area contributed by atoms with Crippen LogP contribution >= 0.6 is 0 Å². The van der Waals surface area contributed by atoms with Gasteiger partial charge in [0.15, 0.2) is 0 Å². The normalized spacial score (nSPS) is 18.2. The highest BCUT2D eigenvalue weighted by Crippen LogP contribution is 2.09. The lowest BCUT2D eigenvalue weighted by atomic mass is 10.1.